The SMILES string of the molecule is CCNC(=O)COc1cccc(NC(=O)c2ccc(C3SCCS3)cc2)c1. The maximum absolute atomic E-state index is 12.5. The minimum atomic E-state index is -0.175. The largest absolute Gasteiger partial charge is 0.484 e. The molecule has 2 N–H and O–H groups in total. The van der Waals surface area contributed by atoms with Gasteiger partial charge in [0.2, 0.25) is 0 Å². The number of amides is 2. The molecule has 1 heterocycles. The number of thioether (sulfide) groups is 2. The van der Waals surface area contributed by atoms with Crippen LogP contribution in [0.3, 0.4) is 0 Å². The van der Waals surface area contributed by atoms with Crippen molar-refractivity contribution in [1.82, 2.24) is 5.32 Å². The second-order valence-electron chi connectivity index (χ2n) is 5.92. The highest BCUT2D eigenvalue weighted by Crippen LogP contribution is 2.45. The first-order chi connectivity index (χ1) is 13.2. The van der Waals surface area contributed by atoms with Crippen LogP contribution in [0.1, 0.15) is 27.4 Å². The molecule has 1 aliphatic heterocycles. The second kappa shape index (κ2) is 9.71. The van der Waals surface area contributed by atoms with Crippen LogP contribution in [0.4, 0.5) is 5.69 Å². The van der Waals surface area contributed by atoms with Gasteiger partial charge in [0.1, 0.15) is 5.75 Å². The number of carbonyl (C=O) groups excluding carboxylic acids is 2. The lowest BCUT2D eigenvalue weighted by Crippen LogP contribution is -2.28. The number of ether oxygens (including phenoxy) is 1. The number of likely N-dealkylation sites (N-methyl/N-ethyl adjacent to an activating group) is 1. The van der Waals surface area contributed by atoms with E-state index >= 15 is 0 Å². The lowest BCUT2D eigenvalue weighted by atomic mass is 10.1. The normalized spacial score (nSPS) is 14.0. The fraction of sp³-hybridized carbons (Fsp3) is 0.300. The van der Waals surface area contributed by atoms with Gasteiger partial charge in [-0.15, -0.1) is 23.5 Å². The molecule has 5 nitrogen and oxygen atoms in total. The van der Waals surface area contributed by atoms with Crippen LogP contribution in [0.25, 0.3) is 0 Å². The smallest absolute Gasteiger partial charge is 0.257 e. The molecule has 0 atom stereocenters. The van der Waals surface area contributed by atoms with Crippen LogP contribution in [0.5, 0.6) is 5.75 Å². The van der Waals surface area contributed by atoms with Crippen molar-refractivity contribution < 1.29 is 14.3 Å². The third kappa shape index (κ3) is 5.68. The maximum Gasteiger partial charge on any atom is 0.257 e. The van der Waals surface area contributed by atoms with E-state index < -0.39 is 0 Å². The zero-order valence-electron chi connectivity index (χ0n) is 15.1. The van der Waals surface area contributed by atoms with Crippen LogP contribution in [0.15, 0.2) is 48.5 Å². The monoisotopic (exact) mass is 402 g/mol. The van der Waals surface area contributed by atoms with Crippen molar-refractivity contribution in [3.05, 3.63) is 59.7 Å². The van der Waals surface area contributed by atoms with Gasteiger partial charge in [0, 0.05) is 35.4 Å². The average molecular weight is 403 g/mol. The zero-order valence-corrected chi connectivity index (χ0v) is 16.7. The van der Waals surface area contributed by atoms with Crippen molar-refractivity contribution in [1.29, 1.82) is 0 Å². The molecule has 0 unspecified atom stereocenters. The third-order valence-corrected chi connectivity index (χ3v) is 7.01. The Labute approximate surface area is 167 Å². The van der Waals surface area contributed by atoms with Crippen molar-refractivity contribution in [3.8, 4) is 5.75 Å². The number of hydrogen-bond donors (Lipinski definition) is 2. The molecular weight excluding hydrogens is 380 g/mol. The Morgan fingerprint density at radius 2 is 1.85 bits per heavy atom. The van der Waals surface area contributed by atoms with E-state index in [4.69, 9.17) is 4.74 Å². The summed E-state index contributed by atoms with van der Waals surface area (Å²) in [5.41, 5.74) is 2.49. The van der Waals surface area contributed by atoms with Crippen LogP contribution in [0, 0.1) is 0 Å². The highest BCUT2D eigenvalue weighted by molar-refractivity contribution is 8.19. The summed E-state index contributed by atoms with van der Waals surface area (Å²) < 4.78 is 5.93. The number of nitrogens with one attached hydrogen (secondary N) is 2. The van der Waals surface area contributed by atoms with E-state index in [1.807, 2.05) is 54.7 Å². The lowest BCUT2D eigenvalue weighted by molar-refractivity contribution is -0.122. The first-order valence-corrected chi connectivity index (χ1v) is 10.9. The van der Waals surface area contributed by atoms with Gasteiger partial charge in [0.25, 0.3) is 11.8 Å². The van der Waals surface area contributed by atoms with Gasteiger partial charge >= 0.3 is 0 Å². The summed E-state index contributed by atoms with van der Waals surface area (Å²) in [7, 11) is 0. The molecule has 3 rings (SSSR count). The lowest BCUT2D eigenvalue weighted by Gasteiger charge is -2.11. The number of rotatable bonds is 7. The topological polar surface area (TPSA) is 67.4 Å². The molecular formula is C20H22N2O3S2. The molecule has 0 aromatic heterocycles. The second-order valence-corrected chi connectivity index (χ2v) is 8.64. The van der Waals surface area contributed by atoms with Crippen molar-refractivity contribution in [2.75, 3.05) is 30.0 Å². The highest BCUT2D eigenvalue weighted by atomic mass is 32.2. The Bertz CT molecular complexity index is 790. The van der Waals surface area contributed by atoms with E-state index in [1.165, 1.54) is 17.1 Å². The minimum absolute atomic E-state index is 0.0517. The van der Waals surface area contributed by atoms with Gasteiger partial charge in [0.15, 0.2) is 6.61 Å². The zero-order chi connectivity index (χ0) is 19.1. The Balaban J connectivity index is 1.58. The predicted octanol–water partition coefficient (Wildman–Crippen LogP) is 3.93. The quantitative estimate of drug-likeness (QED) is 0.734. The van der Waals surface area contributed by atoms with Gasteiger partial charge < -0.3 is 15.4 Å². The molecule has 27 heavy (non-hydrogen) atoms. The van der Waals surface area contributed by atoms with E-state index in [9.17, 15) is 9.59 Å². The Morgan fingerprint density at radius 1 is 1.11 bits per heavy atom. The first-order valence-electron chi connectivity index (χ1n) is 8.80. The summed E-state index contributed by atoms with van der Waals surface area (Å²) in [6, 6.07) is 14.8. The minimum Gasteiger partial charge on any atom is -0.484 e. The maximum atomic E-state index is 12.5. The summed E-state index contributed by atoms with van der Waals surface area (Å²) in [6.45, 7) is 2.37. The van der Waals surface area contributed by atoms with Crippen LogP contribution >= 0.6 is 23.5 Å². The molecule has 0 radical (unpaired) electrons. The average Bonchev–Trinajstić information content (AvgIpc) is 3.22. The molecule has 2 aromatic rings. The fourth-order valence-corrected chi connectivity index (χ4v) is 5.47. The number of carbonyl (C=O) groups is 2. The van der Waals surface area contributed by atoms with Crippen molar-refractivity contribution >= 4 is 41.0 Å². The van der Waals surface area contributed by atoms with Gasteiger partial charge in [-0.05, 0) is 36.8 Å². The predicted molar refractivity (Wildman–Crippen MR) is 113 cm³/mol. The van der Waals surface area contributed by atoms with Crippen LogP contribution in [-0.4, -0.2) is 36.5 Å². The number of anilines is 1. The fourth-order valence-electron chi connectivity index (χ4n) is 2.61. The molecule has 0 saturated carbocycles. The Morgan fingerprint density at radius 3 is 2.56 bits per heavy atom. The Hall–Kier alpha value is -2.12. The van der Waals surface area contributed by atoms with Crippen LogP contribution < -0.4 is 15.4 Å². The van der Waals surface area contributed by atoms with Crippen molar-refractivity contribution in [3.63, 3.8) is 0 Å². The van der Waals surface area contributed by atoms with Gasteiger partial charge in [-0.1, -0.05) is 18.2 Å². The first kappa shape index (κ1) is 19.6. The standard InChI is InChI=1S/C20H22N2O3S2/c1-2-21-18(23)13-25-17-5-3-4-16(12-17)22-19(24)14-6-8-15(9-7-14)20-26-10-11-27-20/h3-9,12,20H,2,10-11,13H2,1H3,(H,21,23)(H,22,24). The number of hydrogen-bond acceptors (Lipinski definition) is 5. The summed E-state index contributed by atoms with van der Waals surface area (Å²) in [5.74, 6) is 2.54. The molecule has 1 fully saturated rings. The van der Waals surface area contributed by atoms with E-state index in [1.54, 1.807) is 24.3 Å². The van der Waals surface area contributed by atoms with Crippen molar-refractivity contribution in [2.24, 2.45) is 0 Å². The summed E-state index contributed by atoms with van der Waals surface area (Å²) in [5, 5.41) is 5.54. The van der Waals surface area contributed by atoms with E-state index in [0.29, 0.717) is 28.1 Å². The molecule has 2 amide bonds. The van der Waals surface area contributed by atoms with Crippen LogP contribution in [0.2, 0.25) is 0 Å². The summed E-state index contributed by atoms with van der Waals surface area (Å²) >= 11 is 3.89. The molecule has 7 heteroatoms. The molecule has 0 bridgehead atoms. The number of benzene rings is 2. The van der Waals surface area contributed by atoms with Crippen molar-refractivity contribution in [2.45, 2.75) is 11.5 Å². The summed E-state index contributed by atoms with van der Waals surface area (Å²) in [6.07, 6.45) is 0. The van der Waals surface area contributed by atoms with Gasteiger partial charge in [-0.2, -0.15) is 0 Å². The van der Waals surface area contributed by atoms with E-state index in [0.717, 1.165) is 0 Å². The molecule has 0 spiro atoms. The Kier molecular flexibility index (Phi) is 7.06. The van der Waals surface area contributed by atoms with Gasteiger partial charge in [-0.3, -0.25) is 9.59 Å². The van der Waals surface area contributed by atoms with Crippen LogP contribution in [-0.2, 0) is 4.79 Å². The van der Waals surface area contributed by atoms with Gasteiger partial charge in [-0.25, -0.2) is 0 Å². The van der Waals surface area contributed by atoms with E-state index in [2.05, 4.69) is 10.6 Å². The summed E-state index contributed by atoms with van der Waals surface area (Å²) in [4.78, 5) is 24.0. The molecule has 1 aliphatic rings. The van der Waals surface area contributed by atoms with E-state index in [-0.39, 0.29) is 18.4 Å². The molecule has 2 aromatic carbocycles. The molecule has 142 valence electrons. The third-order valence-electron chi connectivity index (χ3n) is 3.90. The molecule has 0 aliphatic carbocycles. The molecule has 1 saturated heterocycles. The van der Waals surface area contributed by atoms with Gasteiger partial charge in [0.05, 0.1) is 4.58 Å². The highest BCUT2D eigenvalue weighted by Gasteiger charge is 2.18.